The molecule has 0 spiro atoms. The van der Waals surface area contributed by atoms with Gasteiger partial charge in [-0.2, -0.15) is 0 Å². The summed E-state index contributed by atoms with van der Waals surface area (Å²) in [6, 6.07) is 10.3. The van der Waals surface area contributed by atoms with Crippen molar-refractivity contribution in [3.8, 4) is 0 Å². The quantitative estimate of drug-likeness (QED) is 0.162. The Kier molecular flexibility index (Phi) is 30.4. The molecule has 0 bridgehead atoms. The van der Waals surface area contributed by atoms with Crippen molar-refractivity contribution >= 4 is 15.9 Å². The first-order chi connectivity index (χ1) is 12.2. The van der Waals surface area contributed by atoms with E-state index in [0.29, 0.717) is 4.83 Å². The Morgan fingerprint density at radius 2 is 1.15 bits per heavy atom. The zero-order chi connectivity index (χ0) is 18.8. The Labute approximate surface area is 202 Å². The molecule has 0 fully saturated rings. The first-order valence-electron chi connectivity index (χ1n) is 9.71. The van der Waals surface area contributed by atoms with Gasteiger partial charge in [0.05, 0.1) is 0 Å². The van der Waals surface area contributed by atoms with E-state index in [1.54, 1.807) is 0 Å². The van der Waals surface area contributed by atoms with Crippen molar-refractivity contribution < 1.29 is 48.5 Å². The minimum Gasteiger partial charge on any atom is -1.00 e. The first kappa shape index (κ1) is 32.7. The van der Waals surface area contributed by atoms with Gasteiger partial charge in [-0.15, -0.1) is 0 Å². The molecule has 7 heteroatoms. The molecular formula is C20H39Br3FeN3. The molecule has 0 saturated heterocycles. The van der Waals surface area contributed by atoms with Gasteiger partial charge in [0.25, 0.3) is 0 Å². The molecule has 0 aliphatic carbocycles. The fraction of sp³-hybridized carbons (Fsp3) is 0.700. The molecule has 1 unspecified atom stereocenters. The SMILES string of the molecule is CC(Br)c1ccccc1.CCCC[NH][Fe+2]([NH]CCCC)[NH]CCCC.[Br-].[Br-]. The van der Waals surface area contributed by atoms with E-state index in [9.17, 15) is 0 Å². The third-order valence-electron chi connectivity index (χ3n) is 3.49. The van der Waals surface area contributed by atoms with E-state index in [-0.39, 0.29) is 34.0 Å². The van der Waals surface area contributed by atoms with Gasteiger partial charge >= 0.3 is 106 Å². The standard InChI is InChI=1S/C8H9Br.3C4H10N.2BrH.Fe/c1-7(9)8-5-3-2-4-6-8;3*1-2-3-4-5;;;/h2-7H,1H3;3*5H,2-4H2,1H3;2*1H;/q;3*-1;;;+5/p-2. The maximum Gasteiger partial charge on any atom is -1.00 e. The third-order valence-corrected chi connectivity index (χ3v) is 6.02. The number of hydrogen-bond acceptors (Lipinski definition) is 3. The number of alkyl halides is 1. The van der Waals surface area contributed by atoms with Crippen LogP contribution >= 0.6 is 15.9 Å². The summed E-state index contributed by atoms with van der Waals surface area (Å²) in [7, 11) is 0. The molecule has 1 atom stereocenters. The van der Waals surface area contributed by atoms with Crippen LogP contribution < -0.4 is 47.0 Å². The number of rotatable bonds is 13. The summed E-state index contributed by atoms with van der Waals surface area (Å²) in [6.07, 6.45) is 7.62. The molecule has 0 heterocycles. The number of hydrogen-bond donors (Lipinski definition) is 3. The fourth-order valence-corrected chi connectivity index (χ4v) is 3.97. The van der Waals surface area contributed by atoms with Crippen molar-refractivity contribution in [1.82, 2.24) is 13.0 Å². The summed E-state index contributed by atoms with van der Waals surface area (Å²) in [5.74, 6) is 0. The van der Waals surface area contributed by atoms with Crippen LogP contribution in [0, 0.1) is 0 Å². The van der Waals surface area contributed by atoms with Crippen LogP contribution in [-0.4, -0.2) is 19.6 Å². The van der Waals surface area contributed by atoms with Crippen molar-refractivity contribution in [3.63, 3.8) is 0 Å². The fourth-order valence-electron chi connectivity index (χ4n) is 1.83. The normalized spacial score (nSPS) is 11.0. The number of benzene rings is 1. The molecule has 0 aliphatic heterocycles. The van der Waals surface area contributed by atoms with Crippen molar-refractivity contribution in [1.29, 1.82) is 0 Å². The molecule has 0 aromatic heterocycles. The molecule has 1 aromatic rings. The van der Waals surface area contributed by atoms with Gasteiger partial charge in [-0.3, -0.25) is 0 Å². The predicted octanol–water partition coefficient (Wildman–Crippen LogP) is -0.331. The zero-order valence-corrected chi connectivity index (χ0v) is 23.2. The Morgan fingerprint density at radius 3 is 1.41 bits per heavy atom. The molecule has 0 aliphatic rings. The molecule has 0 amide bonds. The van der Waals surface area contributed by atoms with Gasteiger partial charge in [0.1, 0.15) is 0 Å². The van der Waals surface area contributed by atoms with E-state index >= 15 is 0 Å². The van der Waals surface area contributed by atoms with E-state index < -0.39 is 14.6 Å². The maximum atomic E-state index is 3.60. The molecular weight excluding hydrogens is 578 g/mol. The van der Waals surface area contributed by atoms with Gasteiger partial charge in [0, 0.05) is 4.83 Å². The Hall–Kier alpha value is 1.06. The van der Waals surface area contributed by atoms with Crippen molar-refractivity contribution in [3.05, 3.63) is 35.9 Å². The molecule has 0 radical (unpaired) electrons. The monoisotopic (exact) mass is 614 g/mol. The van der Waals surface area contributed by atoms with Crippen LogP contribution in [0.3, 0.4) is 0 Å². The molecule has 163 valence electrons. The summed E-state index contributed by atoms with van der Waals surface area (Å²) in [5, 5.41) is 0. The van der Waals surface area contributed by atoms with E-state index in [1.165, 1.54) is 44.1 Å². The summed E-state index contributed by atoms with van der Waals surface area (Å²) >= 11 is 2.95. The Bertz CT molecular complexity index is 360. The van der Waals surface area contributed by atoms with Gasteiger partial charge in [-0.25, -0.2) is 0 Å². The molecule has 27 heavy (non-hydrogen) atoms. The van der Waals surface area contributed by atoms with Crippen LogP contribution in [-0.2, 0) is 14.6 Å². The van der Waals surface area contributed by atoms with Crippen LogP contribution in [0.15, 0.2) is 30.3 Å². The second kappa shape index (κ2) is 25.1. The average molecular weight is 617 g/mol. The van der Waals surface area contributed by atoms with Gasteiger partial charge in [0.2, 0.25) is 0 Å². The number of nitrogens with one attached hydrogen (secondary N) is 3. The maximum absolute atomic E-state index is 3.60. The Balaban J connectivity index is -0.000000447. The number of unbranched alkanes of at least 4 members (excludes halogenated alkanes) is 3. The molecule has 1 rings (SSSR count). The average Bonchev–Trinajstić information content (AvgIpc) is 2.63. The molecule has 1 aromatic carbocycles. The molecule has 3 N–H and O–H groups in total. The third kappa shape index (κ3) is 21.6. The van der Waals surface area contributed by atoms with E-state index in [2.05, 4.69) is 68.8 Å². The molecule has 0 saturated carbocycles. The summed E-state index contributed by atoms with van der Waals surface area (Å²) in [6.45, 7) is 12.2. The van der Waals surface area contributed by atoms with Crippen molar-refractivity contribution in [2.75, 3.05) is 19.6 Å². The van der Waals surface area contributed by atoms with Crippen LogP contribution in [0.1, 0.15) is 76.6 Å². The van der Waals surface area contributed by atoms with Crippen molar-refractivity contribution in [2.45, 2.75) is 71.0 Å². The largest absolute Gasteiger partial charge is 1.00 e. The summed E-state index contributed by atoms with van der Waals surface area (Å²) < 4.78 is 10.8. The summed E-state index contributed by atoms with van der Waals surface area (Å²) in [4.78, 5) is 0.471. The van der Waals surface area contributed by atoms with Crippen LogP contribution in [0.2, 0.25) is 0 Å². The van der Waals surface area contributed by atoms with Crippen LogP contribution in [0.4, 0.5) is 0 Å². The van der Waals surface area contributed by atoms with Crippen LogP contribution in [0.25, 0.3) is 0 Å². The van der Waals surface area contributed by atoms with Gasteiger partial charge < -0.3 is 34.0 Å². The van der Waals surface area contributed by atoms with Crippen LogP contribution in [0.5, 0.6) is 0 Å². The topological polar surface area (TPSA) is 36.1 Å². The smallest absolute Gasteiger partial charge is 1.00 e. The molecule has 3 nitrogen and oxygen atoms in total. The van der Waals surface area contributed by atoms with Crippen molar-refractivity contribution in [2.24, 2.45) is 0 Å². The summed E-state index contributed by atoms with van der Waals surface area (Å²) in [5.41, 5.74) is 1.33. The van der Waals surface area contributed by atoms with E-state index in [0.717, 1.165) is 19.6 Å². The number of halogens is 3. The predicted molar refractivity (Wildman–Crippen MR) is 113 cm³/mol. The van der Waals surface area contributed by atoms with E-state index in [1.807, 2.05) is 18.2 Å². The second-order valence-electron chi connectivity index (χ2n) is 5.98. The zero-order valence-electron chi connectivity index (χ0n) is 17.3. The van der Waals surface area contributed by atoms with E-state index in [4.69, 9.17) is 0 Å². The first-order valence-corrected chi connectivity index (χ1v) is 12.3. The van der Waals surface area contributed by atoms with Gasteiger partial charge in [-0.05, 0) is 12.5 Å². The van der Waals surface area contributed by atoms with Gasteiger partial charge in [0.15, 0.2) is 0 Å². The minimum absolute atomic E-state index is 0. The van der Waals surface area contributed by atoms with Gasteiger partial charge in [-0.1, -0.05) is 46.3 Å². The Morgan fingerprint density at radius 1 is 0.778 bits per heavy atom. The minimum atomic E-state index is -0.529. The second-order valence-corrected chi connectivity index (χ2v) is 9.35.